The molecule has 0 bridgehead atoms. The molecule has 0 aliphatic carbocycles. The summed E-state index contributed by atoms with van der Waals surface area (Å²) in [6.07, 6.45) is 3.78. The molecule has 0 amide bonds. The van der Waals surface area contributed by atoms with Gasteiger partial charge in [-0.05, 0) is 17.5 Å². The molecular formula is C19H11N3S. The standard InChI is InChI=1S/C19H11N3S/c1-2-6-13-10-20-15(9-12(13)5-1)19-21-11-17-18(22-19)14-7-3-4-8-16(14)23-17/h1-11H. The average Bonchev–Trinajstić information content (AvgIpc) is 2.99. The summed E-state index contributed by atoms with van der Waals surface area (Å²) in [5, 5.41) is 3.45. The van der Waals surface area contributed by atoms with Gasteiger partial charge < -0.3 is 0 Å². The van der Waals surface area contributed by atoms with Gasteiger partial charge in [0.15, 0.2) is 5.82 Å². The molecule has 3 heterocycles. The third kappa shape index (κ3) is 1.99. The Labute approximate surface area is 136 Å². The molecule has 0 N–H and O–H groups in total. The molecule has 4 heteroatoms. The van der Waals surface area contributed by atoms with Crippen molar-refractivity contribution in [3.63, 3.8) is 0 Å². The van der Waals surface area contributed by atoms with Crippen molar-refractivity contribution in [2.45, 2.75) is 0 Å². The molecular weight excluding hydrogens is 302 g/mol. The molecule has 0 unspecified atom stereocenters. The summed E-state index contributed by atoms with van der Waals surface area (Å²) < 4.78 is 2.34. The monoisotopic (exact) mass is 313 g/mol. The molecule has 0 saturated carbocycles. The highest BCUT2D eigenvalue weighted by Gasteiger charge is 2.10. The van der Waals surface area contributed by atoms with Crippen LogP contribution in [0.15, 0.2) is 67.0 Å². The fourth-order valence-electron chi connectivity index (χ4n) is 2.84. The van der Waals surface area contributed by atoms with Gasteiger partial charge in [0.05, 0.1) is 10.2 Å². The molecule has 0 aliphatic rings. The summed E-state index contributed by atoms with van der Waals surface area (Å²) >= 11 is 1.72. The zero-order valence-electron chi connectivity index (χ0n) is 12.1. The minimum atomic E-state index is 0.673. The predicted octanol–water partition coefficient (Wildman–Crippen LogP) is 5.06. The lowest BCUT2D eigenvalue weighted by Crippen LogP contribution is -1.91. The lowest BCUT2D eigenvalue weighted by molar-refractivity contribution is 1.19. The van der Waals surface area contributed by atoms with Crippen molar-refractivity contribution in [1.29, 1.82) is 0 Å². The Bertz CT molecular complexity index is 1180. The number of pyridine rings is 1. The summed E-state index contributed by atoms with van der Waals surface area (Å²) in [6.45, 7) is 0. The van der Waals surface area contributed by atoms with E-state index in [0.29, 0.717) is 5.82 Å². The van der Waals surface area contributed by atoms with Crippen LogP contribution >= 0.6 is 11.3 Å². The van der Waals surface area contributed by atoms with E-state index in [4.69, 9.17) is 4.98 Å². The molecule has 5 aromatic rings. The van der Waals surface area contributed by atoms with Crippen LogP contribution < -0.4 is 0 Å². The topological polar surface area (TPSA) is 38.7 Å². The number of benzene rings is 2. The summed E-state index contributed by atoms with van der Waals surface area (Å²) in [4.78, 5) is 13.8. The molecule has 0 spiro atoms. The second-order valence-corrected chi connectivity index (χ2v) is 6.51. The molecule has 5 rings (SSSR count). The van der Waals surface area contributed by atoms with Gasteiger partial charge in [-0.3, -0.25) is 4.98 Å². The van der Waals surface area contributed by atoms with Crippen LogP contribution in [0.3, 0.4) is 0 Å². The highest BCUT2D eigenvalue weighted by Crippen LogP contribution is 2.32. The quantitative estimate of drug-likeness (QED) is 0.434. The van der Waals surface area contributed by atoms with E-state index in [1.165, 1.54) is 10.1 Å². The van der Waals surface area contributed by atoms with Crippen molar-refractivity contribution in [2.24, 2.45) is 0 Å². The second kappa shape index (κ2) is 4.83. The Kier molecular flexibility index (Phi) is 2.66. The molecule has 2 aromatic carbocycles. The van der Waals surface area contributed by atoms with Crippen molar-refractivity contribution >= 4 is 42.4 Å². The maximum Gasteiger partial charge on any atom is 0.178 e. The zero-order chi connectivity index (χ0) is 15.2. The van der Waals surface area contributed by atoms with Gasteiger partial charge in [-0.2, -0.15) is 0 Å². The molecule has 0 aliphatic heterocycles. The average molecular weight is 313 g/mol. The van der Waals surface area contributed by atoms with Crippen LogP contribution in [-0.4, -0.2) is 15.0 Å². The van der Waals surface area contributed by atoms with E-state index in [-0.39, 0.29) is 0 Å². The van der Waals surface area contributed by atoms with E-state index in [0.717, 1.165) is 26.7 Å². The van der Waals surface area contributed by atoms with Gasteiger partial charge >= 0.3 is 0 Å². The fourth-order valence-corrected chi connectivity index (χ4v) is 3.85. The van der Waals surface area contributed by atoms with E-state index >= 15 is 0 Å². The van der Waals surface area contributed by atoms with E-state index < -0.39 is 0 Å². The molecule has 0 fully saturated rings. The Balaban J connectivity index is 1.76. The number of rotatable bonds is 1. The third-order valence-electron chi connectivity index (χ3n) is 3.98. The van der Waals surface area contributed by atoms with E-state index in [1.807, 2.05) is 36.7 Å². The fraction of sp³-hybridized carbons (Fsp3) is 0. The van der Waals surface area contributed by atoms with Gasteiger partial charge in [0.1, 0.15) is 5.69 Å². The van der Waals surface area contributed by atoms with Gasteiger partial charge in [0, 0.05) is 27.9 Å². The van der Waals surface area contributed by atoms with Gasteiger partial charge in [0.25, 0.3) is 0 Å². The zero-order valence-corrected chi connectivity index (χ0v) is 12.9. The van der Waals surface area contributed by atoms with Crippen molar-refractivity contribution < 1.29 is 0 Å². The smallest absolute Gasteiger partial charge is 0.178 e. The number of aromatic nitrogens is 3. The lowest BCUT2D eigenvalue weighted by Gasteiger charge is -2.02. The lowest BCUT2D eigenvalue weighted by atomic mass is 10.1. The van der Waals surface area contributed by atoms with Gasteiger partial charge in [-0.15, -0.1) is 11.3 Å². The van der Waals surface area contributed by atoms with E-state index in [1.54, 1.807) is 11.3 Å². The normalized spacial score (nSPS) is 11.5. The van der Waals surface area contributed by atoms with Crippen LogP contribution in [0.2, 0.25) is 0 Å². The van der Waals surface area contributed by atoms with Crippen LogP contribution in [-0.2, 0) is 0 Å². The highest BCUT2D eigenvalue weighted by atomic mass is 32.1. The third-order valence-corrected chi connectivity index (χ3v) is 5.07. The molecule has 3 aromatic heterocycles. The van der Waals surface area contributed by atoms with Crippen LogP contribution in [0, 0.1) is 0 Å². The first-order valence-corrected chi connectivity index (χ1v) is 8.19. The van der Waals surface area contributed by atoms with Crippen LogP contribution in [0.5, 0.6) is 0 Å². The van der Waals surface area contributed by atoms with Gasteiger partial charge in [-0.25, -0.2) is 9.97 Å². The van der Waals surface area contributed by atoms with Crippen molar-refractivity contribution in [1.82, 2.24) is 15.0 Å². The number of nitrogens with zero attached hydrogens (tertiary/aromatic N) is 3. The Hall–Kier alpha value is -2.85. The van der Waals surface area contributed by atoms with Crippen molar-refractivity contribution in [3.8, 4) is 11.5 Å². The minimum Gasteiger partial charge on any atom is -0.252 e. The number of fused-ring (bicyclic) bond motifs is 4. The summed E-state index contributed by atoms with van der Waals surface area (Å²) in [7, 11) is 0. The Morgan fingerprint density at radius 3 is 2.52 bits per heavy atom. The number of thiophene rings is 1. The maximum atomic E-state index is 4.78. The van der Waals surface area contributed by atoms with Gasteiger partial charge in [-0.1, -0.05) is 42.5 Å². The molecule has 0 saturated heterocycles. The first-order valence-electron chi connectivity index (χ1n) is 7.38. The summed E-state index contributed by atoms with van der Waals surface area (Å²) in [6, 6.07) is 18.6. The minimum absolute atomic E-state index is 0.673. The molecule has 108 valence electrons. The highest BCUT2D eigenvalue weighted by molar-refractivity contribution is 7.25. The molecule has 23 heavy (non-hydrogen) atoms. The Morgan fingerprint density at radius 2 is 1.57 bits per heavy atom. The largest absolute Gasteiger partial charge is 0.252 e. The van der Waals surface area contributed by atoms with E-state index in [2.05, 4.69) is 40.3 Å². The van der Waals surface area contributed by atoms with Crippen LogP contribution in [0.1, 0.15) is 0 Å². The predicted molar refractivity (Wildman–Crippen MR) is 95.7 cm³/mol. The first-order chi connectivity index (χ1) is 11.4. The maximum absolute atomic E-state index is 4.78. The SMILES string of the molecule is c1ccc2cc(-c3ncc4sc5ccccc5c4n3)ncc2c1. The van der Waals surface area contributed by atoms with Crippen LogP contribution in [0.25, 0.3) is 42.6 Å². The second-order valence-electron chi connectivity index (χ2n) is 5.42. The first kappa shape index (κ1) is 12.7. The molecule has 0 atom stereocenters. The van der Waals surface area contributed by atoms with Crippen molar-refractivity contribution in [2.75, 3.05) is 0 Å². The van der Waals surface area contributed by atoms with Crippen LogP contribution in [0.4, 0.5) is 0 Å². The number of hydrogen-bond acceptors (Lipinski definition) is 4. The summed E-state index contributed by atoms with van der Waals surface area (Å²) in [5.41, 5.74) is 1.81. The van der Waals surface area contributed by atoms with Crippen molar-refractivity contribution in [3.05, 3.63) is 67.0 Å². The summed E-state index contributed by atoms with van der Waals surface area (Å²) in [5.74, 6) is 0.673. The Morgan fingerprint density at radius 1 is 0.739 bits per heavy atom. The number of hydrogen-bond donors (Lipinski definition) is 0. The molecule has 0 radical (unpaired) electrons. The molecule has 3 nitrogen and oxygen atoms in total. The van der Waals surface area contributed by atoms with Gasteiger partial charge in [0.2, 0.25) is 0 Å². The van der Waals surface area contributed by atoms with E-state index in [9.17, 15) is 0 Å².